The zero-order valence-electron chi connectivity index (χ0n) is 9.88. The molecule has 0 aromatic carbocycles. The summed E-state index contributed by atoms with van der Waals surface area (Å²) in [6.07, 6.45) is 3.04. The molecule has 0 aromatic rings. The highest BCUT2D eigenvalue weighted by Crippen LogP contribution is 2.05. The van der Waals surface area contributed by atoms with Crippen LogP contribution in [0.25, 0.3) is 0 Å². The largest absolute Gasteiger partial charge is 0.353 e. The van der Waals surface area contributed by atoms with Crippen LogP contribution in [0.5, 0.6) is 0 Å². The van der Waals surface area contributed by atoms with Crippen LogP contribution in [0.15, 0.2) is 24.3 Å². The molecule has 2 bridgehead atoms. The van der Waals surface area contributed by atoms with Gasteiger partial charge in [-0.1, -0.05) is 0 Å². The zero-order chi connectivity index (χ0) is 14.5. The molecule has 10 nitrogen and oxygen atoms in total. The fourth-order valence-corrected chi connectivity index (χ4v) is 1.18. The number of nitrogens with zero attached hydrogens (tertiary/aromatic N) is 2. The molecule has 106 valence electrons. The van der Waals surface area contributed by atoms with Crippen LogP contribution in [-0.2, 0) is 38.5 Å². The molecule has 2 aliphatic rings. The minimum atomic E-state index is -0.943. The van der Waals surface area contributed by atoms with E-state index >= 15 is 0 Å². The maximum absolute atomic E-state index is 11.3. The van der Waals surface area contributed by atoms with Gasteiger partial charge >= 0.3 is 23.9 Å². The van der Waals surface area contributed by atoms with Crippen LogP contribution in [0.1, 0.15) is 0 Å². The van der Waals surface area contributed by atoms with Gasteiger partial charge in [0.15, 0.2) is 0 Å². The number of carbonyl (C=O) groups is 4. The van der Waals surface area contributed by atoms with Gasteiger partial charge in [-0.2, -0.15) is 0 Å². The summed E-state index contributed by atoms with van der Waals surface area (Å²) in [7, 11) is 0. The first kappa shape index (κ1) is 13.7. The molecule has 2 aliphatic heterocycles. The van der Waals surface area contributed by atoms with Gasteiger partial charge in [0.05, 0.1) is 13.1 Å². The van der Waals surface area contributed by atoms with E-state index in [0.717, 1.165) is 24.3 Å². The second-order valence-electron chi connectivity index (χ2n) is 3.42. The van der Waals surface area contributed by atoms with Crippen molar-refractivity contribution in [3.8, 4) is 0 Å². The molecule has 0 aromatic heterocycles. The standard InChI is InChI=1S/C10H8N2O8/c13-7-1-2-8(14)18-12-6-5-11(17-7)19-9(15)3-4-10(16)20-12/h1-4H,5-6H2/b2-1+,4-3+. The number of carbonyl (C=O) groups excluding carboxylic acids is 4. The van der Waals surface area contributed by atoms with Crippen LogP contribution in [0, 0.1) is 0 Å². The average molecular weight is 284 g/mol. The second-order valence-corrected chi connectivity index (χ2v) is 3.42. The molecule has 0 fully saturated rings. The molecular formula is C10H8N2O8. The summed E-state index contributed by atoms with van der Waals surface area (Å²) in [5.74, 6) is -3.77. The van der Waals surface area contributed by atoms with Crippen molar-refractivity contribution in [3.05, 3.63) is 24.3 Å². The van der Waals surface area contributed by atoms with Gasteiger partial charge in [-0.25, -0.2) is 19.2 Å². The third-order valence-corrected chi connectivity index (χ3v) is 1.94. The molecule has 0 radical (unpaired) electrons. The van der Waals surface area contributed by atoms with Crippen molar-refractivity contribution in [2.24, 2.45) is 0 Å². The minimum absolute atomic E-state index is 0.223. The highest BCUT2D eigenvalue weighted by molar-refractivity contribution is 5.92. The molecule has 0 saturated carbocycles. The maximum atomic E-state index is 11.3. The highest BCUT2D eigenvalue weighted by atomic mass is 17.0. The topological polar surface area (TPSA) is 112 Å². The van der Waals surface area contributed by atoms with E-state index < -0.39 is 23.9 Å². The number of fused-ring (bicyclic) bond motifs is 3. The molecule has 0 unspecified atom stereocenters. The van der Waals surface area contributed by atoms with Gasteiger partial charge in [-0.15, -0.1) is 0 Å². The van der Waals surface area contributed by atoms with Crippen LogP contribution >= 0.6 is 0 Å². The van der Waals surface area contributed by atoms with Crippen molar-refractivity contribution >= 4 is 23.9 Å². The monoisotopic (exact) mass is 284 g/mol. The molecule has 20 heavy (non-hydrogen) atoms. The van der Waals surface area contributed by atoms with Crippen LogP contribution in [-0.4, -0.2) is 47.4 Å². The second kappa shape index (κ2) is 5.95. The number of hydrogen-bond donors (Lipinski definition) is 0. The number of hydrogen-bond acceptors (Lipinski definition) is 10. The summed E-state index contributed by atoms with van der Waals surface area (Å²) in [6.45, 7) is -0.445. The van der Waals surface area contributed by atoms with Gasteiger partial charge in [0.1, 0.15) is 0 Å². The van der Waals surface area contributed by atoms with Gasteiger partial charge in [-0.3, -0.25) is 0 Å². The SMILES string of the molecule is O=C1/C=C/C(=O)ON2CCN(O1)OC(=O)/C=C/C(=O)O2. The van der Waals surface area contributed by atoms with E-state index in [4.69, 9.17) is 0 Å². The molecule has 0 amide bonds. The summed E-state index contributed by atoms with van der Waals surface area (Å²) >= 11 is 0. The predicted molar refractivity (Wildman–Crippen MR) is 56.1 cm³/mol. The molecule has 0 atom stereocenters. The van der Waals surface area contributed by atoms with Crippen LogP contribution in [0.2, 0.25) is 0 Å². The van der Waals surface area contributed by atoms with Gasteiger partial charge in [0.2, 0.25) is 0 Å². The Bertz CT molecular complexity index is 425. The summed E-state index contributed by atoms with van der Waals surface area (Å²) in [6, 6.07) is 0. The Balaban J connectivity index is 2.26. The zero-order valence-corrected chi connectivity index (χ0v) is 9.88. The Hall–Kier alpha value is -2.72. The molecule has 0 N–H and O–H groups in total. The summed E-state index contributed by atoms with van der Waals surface area (Å²) in [5, 5.41) is 1.15. The Morgan fingerprint density at radius 3 is 1.10 bits per heavy atom. The lowest BCUT2D eigenvalue weighted by molar-refractivity contribution is -0.353. The van der Waals surface area contributed by atoms with E-state index in [1.807, 2.05) is 0 Å². The van der Waals surface area contributed by atoms with Crippen molar-refractivity contribution in [1.29, 1.82) is 0 Å². The molecule has 0 aliphatic carbocycles. The van der Waals surface area contributed by atoms with Crippen LogP contribution in [0.4, 0.5) is 0 Å². The Labute approximate surface area is 111 Å². The van der Waals surface area contributed by atoms with E-state index in [2.05, 4.69) is 19.4 Å². The van der Waals surface area contributed by atoms with E-state index in [-0.39, 0.29) is 13.1 Å². The van der Waals surface area contributed by atoms with E-state index in [0.29, 0.717) is 10.5 Å². The average Bonchev–Trinajstić information content (AvgIpc) is 2.39. The third-order valence-electron chi connectivity index (χ3n) is 1.94. The Kier molecular flexibility index (Phi) is 4.08. The first-order chi connectivity index (χ1) is 9.52. The lowest BCUT2D eigenvalue weighted by atomic mass is 10.5. The van der Waals surface area contributed by atoms with Gasteiger partial charge in [-0.05, 0) is 0 Å². The molecule has 2 heterocycles. The quantitative estimate of drug-likeness (QED) is 0.524. The smallest absolute Gasteiger partial charge is 0.329 e. The summed E-state index contributed by atoms with van der Waals surface area (Å²) in [4.78, 5) is 63.7. The molecule has 0 spiro atoms. The minimum Gasteiger partial charge on any atom is -0.329 e. The molecule has 10 heteroatoms. The maximum Gasteiger partial charge on any atom is 0.353 e. The third kappa shape index (κ3) is 3.90. The van der Waals surface area contributed by atoms with E-state index in [1.165, 1.54) is 0 Å². The van der Waals surface area contributed by atoms with Crippen molar-refractivity contribution in [2.75, 3.05) is 13.1 Å². The van der Waals surface area contributed by atoms with E-state index in [1.54, 1.807) is 0 Å². The first-order valence-corrected chi connectivity index (χ1v) is 5.32. The first-order valence-electron chi connectivity index (χ1n) is 5.32. The predicted octanol–water partition coefficient (Wildman–Crippen LogP) is -1.44. The fourth-order valence-electron chi connectivity index (χ4n) is 1.18. The number of rotatable bonds is 0. The summed E-state index contributed by atoms with van der Waals surface area (Å²) in [5.41, 5.74) is 0. The Morgan fingerprint density at radius 2 is 0.850 bits per heavy atom. The van der Waals surface area contributed by atoms with Gasteiger partial charge in [0.25, 0.3) is 0 Å². The normalized spacial score (nSPS) is 30.4. The number of hydroxylamine groups is 4. The lowest BCUT2D eigenvalue weighted by Gasteiger charge is -2.23. The highest BCUT2D eigenvalue weighted by Gasteiger charge is 2.24. The van der Waals surface area contributed by atoms with Gasteiger partial charge in [0, 0.05) is 34.8 Å². The van der Waals surface area contributed by atoms with Crippen LogP contribution in [0.3, 0.4) is 0 Å². The van der Waals surface area contributed by atoms with E-state index in [9.17, 15) is 19.2 Å². The van der Waals surface area contributed by atoms with Crippen molar-refractivity contribution < 1.29 is 38.5 Å². The van der Waals surface area contributed by atoms with Gasteiger partial charge < -0.3 is 19.4 Å². The van der Waals surface area contributed by atoms with Crippen molar-refractivity contribution in [2.45, 2.75) is 0 Å². The Morgan fingerprint density at radius 1 is 0.600 bits per heavy atom. The molecule has 0 saturated heterocycles. The summed E-state index contributed by atoms with van der Waals surface area (Å²) < 4.78 is 0. The molecular weight excluding hydrogens is 276 g/mol. The fraction of sp³-hybridized carbons (Fsp3) is 0.200. The molecule has 2 rings (SSSR count). The van der Waals surface area contributed by atoms with Crippen LogP contribution < -0.4 is 0 Å². The van der Waals surface area contributed by atoms with Crippen molar-refractivity contribution in [1.82, 2.24) is 10.5 Å². The van der Waals surface area contributed by atoms with Crippen molar-refractivity contribution in [3.63, 3.8) is 0 Å². The lowest BCUT2D eigenvalue weighted by Crippen LogP contribution is -2.40.